The smallest absolute Gasteiger partial charge is 0.156 e. The fourth-order valence-electron chi connectivity index (χ4n) is 4.42. The predicted octanol–water partition coefficient (Wildman–Crippen LogP) is 4.03. The Morgan fingerprint density at radius 2 is 2.04 bits per heavy atom. The third-order valence-electron chi connectivity index (χ3n) is 5.97. The van der Waals surface area contributed by atoms with Crippen LogP contribution in [0, 0.1) is 11.3 Å². The number of nitrogens with zero attached hydrogens (tertiary/aromatic N) is 5. The van der Waals surface area contributed by atoms with E-state index in [4.69, 9.17) is 0 Å². The van der Waals surface area contributed by atoms with Gasteiger partial charge in [0.15, 0.2) is 5.65 Å². The van der Waals surface area contributed by atoms with Gasteiger partial charge in [-0.1, -0.05) is 33.1 Å². The number of hydrogen-bond donors (Lipinski definition) is 0. The van der Waals surface area contributed by atoms with Crippen LogP contribution in [0.4, 0.5) is 5.82 Å². The first-order valence-corrected chi connectivity index (χ1v) is 10.4. The fourth-order valence-corrected chi connectivity index (χ4v) is 4.42. The first kappa shape index (κ1) is 19.7. The van der Waals surface area contributed by atoms with Gasteiger partial charge in [-0.2, -0.15) is 5.26 Å². The zero-order valence-electron chi connectivity index (χ0n) is 17.3. The molecule has 1 atom stereocenters. The molecule has 0 radical (unpaired) electrons. The van der Waals surface area contributed by atoms with Crippen LogP contribution >= 0.6 is 0 Å². The van der Waals surface area contributed by atoms with E-state index in [9.17, 15) is 5.26 Å². The summed E-state index contributed by atoms with van der Waals surface area (Å²) in [4.78, 5) is 9.39. The number of nitriles is 1. The Kier molecular flexibility index (Phi) is 6.38. The normalized spacial score (nSPS) is 17.2. The van der Waals surface area contributed by atoms with Crippen molar-refractivity contribution in [2.75, 3.05) is 32.1 Å². The lowest BCUT2D eigenvalue weighted by atomic mass is 9.95. The molecule has 2 aromatic heterocycles. The van der Waals surface area contributed by atoms with Crippen molar-refractivity contribution in [2.45, 2.75) is 64.8 Å². The van der Waals surface area contributed by atoms with Crippen molar-refractivity contribution in [3.63, 3.8) is 0 Å². The summed E-state index contributed by atoms with van der Waals surface area (Å²) in [6, 6.07) is 3.03. The Bertz CT molecular complexity index is 814. The van der Waals surface area contributed by atoms with E-state index in [0.29, 0.717) is 6.04 Å². The van der Waals surface area contributed by atoms with E-state index in [-0.39, 0.29) is 0 Å². The highest BCUT2D eigenvalue weighted by Crippen LogP contribution is 2.34. The predicted molar refractivity (Wildman–Crippen MR) is 111 cm³/mol. The Morgan fingerprint density at radius 1 is 1.22 bits per heavy atom. The first-order valence-electron chi connectivity index (χ1n) is 10.4. The van der Waals surface area contributed by atoms with Crippen LogP contribution in [0.3, 0.4) is 0 Å². The molecular formula is C22H33N5. The lowest BCUT2D eigenvalue weighted by molar-refractivity contribution is 0.315. The molecule has 1 saturated heterocycles. The summed E-state index contributed by atoms with van der Waals surface area (Å²) >= 11 is 0. The average Bonchev–Trinajstić information content (AvgIpc) is 3.33. The zero-order chi connectivity index (χ0) is 19.4. The topological polar surface area (TPSA) is 47.6 Å². The summed E-state index contributed by atoms with van der Waals surface area (Å²) in [5.41, 5.74) is 4.15. The lowest BCUT2D eigenvalue weighted by Crippen LogP contribution is -2.32. The van der Waals surface area contributed by atoms with Gasteiger partial charge in [0.05, 0.1) is 5.56 Å². The fraction of sp³-hybridized carbons (Fsp3) is 0.636. The molecule has 1 aliphatic heterocycles. The van der Waals surface area contributed by atoms with Crippen LogP contribution < -0.4 is 4.90 Å². The summed E-state index contributed by atoms with van der Waals surface area (Å²) in [7, 11) is 4.34. The van der Waals surface area contributed by atoms with Crippen LogP contribution in [0.5, 0.6) is 0 Å². The lowest BCUT2D eigenvalue weighted by Gasteiger charge is -2.27. The van der Waals surface area contributed by atoms with Crippen molar-refractivity contribution in [1.29, 1.82) is 5.26 Å². The maximum absolute atomic E-state index is 9.85. The van der Waals surface area contributed by atoms with E-state index >= 15 is 0 Å². The maximum Gasteiger partial charge on any atom is 0.156 e. The van der Waals surface area contributed by atoms with E-state index in [1.807, 2.05) is 12.4 Å². The molecular weight excluding hydrogens is 334 g/mol. The average molecular weight is 368 g/mol. The molecule has 2 aromatic rings. The number of rotatable bonds is 8. The van der Waals surface area contributed by atoms with Crippen LogP contribution in [0.15, 0.2) is 12.4 Å². The molecule has 27 heavy (non-hydrogen) atoms. The number of fused-ring (bicyclic) bond motifs is 1. The van der Waals surface area contributed by atoms with Gasteiger partial charge in [0.25, 0.3) is 0 Å². The summed E-state index contributed by atoms with van der Waals surface area (Å²) in [5, 5.41) is 9.85. The molecule has 0 amide bonds. The summed E-state index contributed by atoms with van der Waals surface area (Å²) in [6.45, 7) is 6.52. The quantitative estimate of drug-likeness (QED) is 0.661. The number of imidazole rings is 1. The number of likely N-dealkylation sites (N-methyl/N-ethyl adjacent to an activating group) is 1. The number of aromatic nitrogens is 2. The van der Waals surface area contributed by atoms with Gasteiger partial charge in [0.2, 0.25) is 0 Å². The van der Waals surface area contributed by atoms with Crippen LogP contribution in [0.2, 0.25) is 0 Å². The Balaban J connectivity index is 2.09. The second-order valence-corrected chi connectivity index (χ2v) is 7.90. The molecule has 0 aliphatic carbocycles. The molecule has 3 heterocycles. The minimum atomic E-state index is 0.581. The van der Waals surface area contributed by atoms with E-state index in [1.54, 1.807) is 0 Å². The number of unbranched alkanes of at least 4 members (excludes halogenated alkanes) is 3. The van der Waals surface area contributed by atoms with Gasteiger partial charge in [0.1, 0.15) is 11.9 Å². The van der Waals surface area contributed by atoms with Crippen LogP contribution in [0.25, 0.3) is 5.65 Å². The third-order valence-corrected chi connectivity index (χ3v) is 5.97. The minimum absolute atomic E-state index is 0.581. The van der Waals surface area contributed by atoms with E-state index in [0.717, 1.165) is 37.1 Å². The molecule has 0 aromatic carbocycles. The first-order chi connectivity index (χ1) is 13.1. The molecule has 0 saturated carbocycles. The monoisotopic (exact) mass is 367 g/mol. The summed E-state index contributed by atoms with van der Waals surface area (Å²) in [6.07, 6.45) is 11.9. The minimum Gasteiger partial charge on any atom is -0.356 e. The largest absolute Gasteiger partial charge is 0.356 e. The summed E-state index contributed by atoms with van der Waals surface area (Å²) < 4.78 is 2.17. The van der Waals surface area contributed by atoms with Gasteiger partial charge in [0, 0.05) is 31.5 Å². The van der Waals surface area contributed by atoms with Crippen LogP contribution in [-0.4, -0.2) is 47.5 Å². The molecule has 0 unspecified atom stereocenters. The Labute approximate surface area is 163 Å². The SMILES string of the molecule is CCCCCCc1c(CC)c(C#N)c2nccn2c1N1CC[C@H](N(C)C)C1. The van der Waals surface area contributed by atoms with Crippen molar-refractivity contribution < 1.29 is 0 Å². The zero-order valence-corrected chi connectivity index (χ0v) is 17.3. The van der Waals surface area contributed by atoms with Crippen LogP contribution in [-0.2, 0) is 12.8 Å². The maximum atomic E-state index is 9.85. The standard InChI is InChI=1S/C22H33N5/c1-5-7-8-9-10-19-18(6-2)20(15-23)21-24-12-14-27(21)22(19)26-13-11-17(16-26)25(3)4/h12,14,17H,5-11,13,16H2,1-4H3/t17-/m0/s1. The van der Waals surface area contributed by atoms with Gasteiger partial charge < -0.3 is 9.80 Å². The molecule has 1 aliphatic rings. The summed E-state index contributed by atoms with van der Waals surface area (Å²) in [5.74, 6) is 1.28. The Morgan fingerprint density at radius 3 is 2.67 bits per heavy atom. The van der Waals surface area contributed by atoms with Gasteiger partial charge in [-0.25, -0.2) is 4.98 Å². The van der Waals surface area contributed by atoms with Gasteiger partial charge in [-0.15, -0.1) is 0 Å². The van der Waals surface area contributed by atoms with E-state index in [1.165, 1.54) is 49.0 Å². The number of hydrogen-bond acceptors (Lipinski definition) is 4. The Hall–Kier alpha value is -2.06. The van der Waals surface area contributed by atoms with Gasteiger partial charge in [-0.3, -0.25) is 4.40 Å². The van der Waals surface area contributed by atoms with E-state index in [2.05, 4.69) is 53.2 Å². The van der Waals surface area contributed by atoms with Crippen molar-refractivity contribution in [2.24, 2.45) is 0 Å². The highest BCUT2D eigenvalue weighted by Gasteiger charge is 2.29. The van der Waals surface area contributed by atoms with Gasteiger partial charge >= 0.3 is 0 Å². The highest BCUT2D eigenvalue weighted by molar-refractivity contribution is 5.70. The van der Waals surface area contributed by atoms with Gasteiger partial charge in [-0.05, 0) is 50.9 Å². The number of anilines is 1. The molecule has 0 spiro atoms. The van der Waals surface area contributed by atoms with Crippen molar-refractivity contribution >= 4 is 11.5 Å². The molecule has 5 nitrogen and oxygen atoms in total. The molecule has 0 N–H and O–H groups in total. The second kappa shape index (κ2) is 8.75. The highest BCUT2D eigenvalue weighted by atomic mass is 15.3. The molecule has 1 fully saturated rings. The van der Waals surface area contributed by atoms with Crippen molar-refractivity contribution in [3.05, 3.63) is 29.1 Å². The molecule has 0 bridgehead atoms. The van der Waals surface area contributed by atoms with Crippen molar-refractivity contribution in [1.82, 2.24) is 14.3 Å². The molecule has 5 heteroatoms. The number of pyridine rings is 1. The molecule has 146 valence electrons. The molecule has 3 rings (SSSR count). The van der Waals surface area contributed by atoms with E-state index < -0.39 is 0 Å². The van der Waals surface area contributed by atoms with Crippen molar-refractivity contribution in [3.8, 4) is 6.07 Å². The second-order valence-electron chi connectivity index (χ2n) is 7.90. The van der Waals surface area contributed by atoms with Crippen LogP contribution in [0.1, 0.15) is 62.6 Å². The third kappa shape index (κ3) is 3.82.